The van der Waals surface area contributed by atoms with E-state index in [1.807, 2.05) is 18.2 Å². The standard InChI is InChI=1S/C19H24BrNO3/c1-4-13-9-16(10-14(5-2)21(13)3)23-15-7-6-12-8-17(20)19(22)24-18(12)11-15/h6-8,11,13-14,16H,4-5,9-10H2,1-3H3. The van der Waals surface area contributed by atoms with Gasteiger partial charge in [0.25, 0.3) is 0 Å². The van der Waals surface area contributed by atoms with E-state index in [9.17, 15) is 4.79 Å². The van der Waals surface area contributed by atoms with Crippen molar-refractivity contribution in [1.29, 1.82) is 0 Å². The number of halogens is 1. The lowest BCUT2D eigenvalue weighted by Gasteiger charge is -2.42. The molecule has 2 aromatic rings. The van der Waals surface area contributed by atoms with Crippen LogP contribution >= 0.6 is 15.9 Å². The van der Waals surface area contributed by atoms with Gasteiger partial charge in [-0.25, -0.2) is 4.79 Å². The molecule has 0 radical (unpaired) electrons. The van der Waals surface area contributed by atoms with Crippen molar-refractivity contribution in [1.82, 2.24) is 4.90 Å². The molecule has 24 heavy (non-hydrogen) atoms. The largest absolute Gasteiger partial charge is 0.490 e. The third-order valence-electron chi connectivity index (χ3n) is 5.13. The first-order chi connectivity index (χ1) is 11.5. The lowest BCUT2D eigenvalue weighted by Crippen LogP contribution is -2.49. The van der Waals surface area contributed by atoms with Gasteiger partial charge in [0.15, 0.2) is 0 Å². The Morgan fingerprint density at radius 2 is 1.88 bits per heavy atom. The quantitative estimate of drug-likeness (QED) is 0.712. The number of hydrogen-bond acceptors (Lipinski definition) is 4. The topological polar surface area (TPSA) is 42.7 Å². The first-order valence-corrected chi connectivity index (χ1v) is 9.43. The summed E-state index contributed by atoms with van der Waals surface area (Å²) in [5.74, 6) is 0.771. The van der Waals surface area contributed by atoms with Crippen molar-refractivity contribution in [2.24, 2.45) is 0 Å². The SMILES string of the molecule is CCC1CC(Oc2ccc3cc(Br)c(=O)oc3c2)CC(CC)N1C. The third kappa shape index (κ3) is 3.52. The summed E-state index contributed by atoms with van der Waals surface area (Å²) in [7, 11) is 2.22. The summed E-state index contributed by atoms with van der Waals surface area (Å²) in [6, 6.07) is 8.60. The van der Waals surface area contributed by atoms with E-state index >= 15 is 0 Å². The van der Waals surface area contributed by atoms with E-state index in [4.69, 9.17) is 9.15 Å². The van der Waals surface area contributed by atoms with Gasteiger partial charge in [0.2, 0.25) is 0 Å². The van der Waals surface area contributed by atoms with Crippen LogP contribution in [0.4, 0.5) is 0 Å². The number of likely N-dealkylation sites (tertiary alicyclic amines) is 1. The molecule has 1 aliphatic heterocycles. The minimum absolute atomic E-state index is 0.204. The minimum Gasteiger partial charge on any atom is -0.490 e. The maximum absolute atomic E-state index is 11.7. The summed E-state index contributed by atoms with van der Waals surface area (Å²) in [5, 5.41) is 0.884. The van der Waals surface area contributed by atoms with Crippen LogP contribution in [0.5, 0.6) is 5.75 Å². The Kier molecular flexibility index (Phi) is 5.30. The molecule has 1 aromatic heterocycles. The van der Waals surface area contributed by atoms with Crippen LogP contribution < -0.4 is 10.4 Å². The van der Waals surface area contributed by atoms with Gasteiger partial charge >= 0.3 is 5.63 Å². The Morgan fingerprint density at radius 1 is 1.21 bits per heavy atom. The second-order valence-electron chi connectivity index (χ2n) is 6.58. The van der Waals surface area contributed by atoms with Gasteiger partial charge in [0.1, 0.15) is 21.9 Å². The zero-order valence-corrected chi connectivity index (χ0v) is 16.0. The Hall–Kier alpha value is -1.33. The zero-order chi connectivity index (χ0) is 17.3. The van der Waals surface area contributed by atoms with Gasteiger partial charge in [0.05, 0.1) is 0 Å². The third-order valence-corrected chi connectivity index (χ3v) is 5.68. The van der Waals surface area contributed by atoms with Gasteiger partial charge in [-0.05, 0) is 66.9 Å². The fourth-order valence-electron chi connectivity index (χ4n) is 3.67. The number of nitrogens with zero attached hydrogens (tertiary/aromatic N) is 1. The van der Waals surface area contributed by atoms with Crippen molar-refractivity contribution in [2.45, 2.75) is 57.7 Å². The lowest BCUT2D eigenvalue weighted by molar-refractivity contribution is 0.0260. The van der Waals surface area contributed by atoms with Gasteiger partial charge in [-0.1, -0.05) is 13.8 Å². The van der Waals surface area contributed by atoms with E-state index in [2.05, 4.69) is 41.7 Å². The average molecular weight is 394 g/mol. The highest BCUT2D eigenvalue weighted by atomic mass is 79.9. The number of ether oxygens (including phenoxy) is 1. The molecule has 1 aromatic carbocycles. The fourth-order valence-corrected chi connectivity index (χ4v) is 4.00. The Balaban J connectivity index is 1.81. The highest BCUT2D eigenvalue weighted by molar-refractivity contribution is 9.10. The molecule has 2 atom stereocenters. The first-order valence-electron chi connectivity index (χ1n) is 8.63. The second kappa shape index (κ2) is 7.28. The molecule has 2 heterocycles. The Morgan fingerprint density at radius 3 is 2.50 bits per heavy atom. The van der Waals surface area contributed by atoms with Gasteiger partial charge in [0, 0.05) is 23.5 Å². The van der Waals surface area contributed by atoms with E-state index in [0.717, 1.165) is 36.8 Å². The van der Waals surface area contributed by atoms with E-state index in [0.29, 0.717) is 22.1 Å². The molecule has 130 valence electrons. The molecule has 3 rings (SSSR count). The maximum atomic E-state index is 11.7. The van der Waals surface area contributed by atoms with Crippen LogP contribution in [0.25, 0.3) is 11.0 Å². The van der Waals surface area contributed by atoms with Gasteiger partial charge < -0.3 is 14.1 Å². The number of hydrogen-bond donors (Lipinski definition) is 0. The summed E-state index contributed by atoms with van der Waals surface area (Å²) in [4.78, 5) is 14.2. The zero-order valence-electron chi connectivity index (χ0n) is 14.4. The van der Waals surface area contributed by atoms with Crippen LogP contribution in [-0.4, -0.2) is 30.1 Å². The predicted octanol–water partition coefficient (Wildman–Crippen LogP) is 4.59. The molecule has 1 fully saturated rings. The molecule has 4 nitrogen and oxygen atoms in total. The van der Waals surface area contributed by atoms with Crippen LogP contribution in [0.2, 0.25) is 0 Å². The molecule has 0 bridgehead atoms. The molecular weight excluding hydrogens is 370 g/mol. The summed E-state index contributed by atoms with van der Waals surface area (Å²) >= 11 is 3.21. The highest BCUT2D eigenvalue weighted by Crippen LogP contribution is 2.30. The molecule has 0 saturated carbocycles. The molecule has 0 N–H and O–H groups in total. The second-order valence-corrected chi connectivity index (χ2v) is 7.44. The molecule has 0 amide bonds. The smallest absolute Gasteiger partial charge is 0.350 e. The van der Waals surface area contributed by atoms with E-state index in [-0.39, 0.29) is 11.7 Å². The molecule has 0 spiro atoms. The number of benzene rings is 1. The molecule has 0 aliphatic carbocycles. The Labute approximate surface area is 150 Å². The van der Waals surface area contributed by atoms with E-state index < -0.39 is 0 Å². The van der Waals surface area contributed by atoms with Crippen molar-refractivity contribution in [2.75, 3.05) is 7.05 Å². The van der Waals surface area contributed by atoms with Crippen LogP contribution in [0.3, 0.4) is 0 Å². The summed E-state index contributed by atoms with van der Waals surface area (Å²) in [5.41, 5.74) is 0.198. The summed E-state index contributed by atoms with van der Waals surface area (Å²) < 4.78 is 12.0. The normalized spacial score (nSPS) is 25.1. The van der Waals surface area contributed by atoms with Crippen LogP contribution in [0, 0.1) is 0 Å². The van der Waals surface area contributed by atoms with Crippen molar-refractivity contribution >= 4 is 26.9 Å². The molecule has 2 unspecified atom stereocenters. The highest BCUT2D eigenvalue weighted by Gasteiger charge is 2.32. The summed E-state index contributed by atoms with van der Waals surface area (Å²) in [6.07, 6.45) is 4.54. The van der Waals surface area contributed by atoms with Crippen molar-refractivity contribution < 1.29 is 9.15 Å². The average Bonchev–Trinajstić information content (AvgIpc) is 2.57. The number of rotatable bonds is 4. The Bertz CT molecular complexity index is 759. The molecular formula is C19H24BrNO3. The lowest BCUT2D eigenvalue weighted by atomic mass is 9.91. The van der Waals surface area contributed by atoms with Crippen molar-refractivity contribution in [3.8, 4) is 5.75 Å². The van der Waals surface area contributed by atoms with Crippen molar-refractivity contribution in [3.05, 3.63) is 39.2 Å². The minimum atomic E-state index is -0.365. The van der Waals surface area contributed by atoms with Gasteiger partial charge in [-0.15, -0.1) is 0 Å². The number of fused-ring (bicyclic) bond motifs is 1. The maximum Gasteiger partial charge on any atom is 0.350 e. The van der Waals surface area contributed by atoms with Crippen LogP contribution in [-0.2, 0) is 0 Å². The summed E-state index contributed by atoms with van der Waals surface area (Å²) in [6.45, 7) is 4.47. The monoisotopic (exact) mass is 393 g/mol. The van der Waals surface area contributed by atoms with Crippen LogP contribution in [0.15, 0.2) is 37.9 Å². The number of piperidine rings is 1. The predicted molar refractivity (Wildman–Crippen MR) is 99.8 cm³/mol. The molecule has 1 aliphatic rings. The van der Waals surface area contributed by atoms with E-state index in [1.54, 1.807) is 6.07 Å². The fraction of sp³-hybridized carbons (Fsp3) is 0.526. The van der Waals surface area contributed by atoms with Crippen LogP contribution in [0.1, 0.15) is 39.5 Å². The van der Waals surface area contributed by atoms with Gasteiger partial charge in [-0.3, -0.25) is 0 Å². The van der Waals surface area contributed by atoms with Crippen molar-refractivity contribution in [3.63, 3.8) is 0 Å². The molecule has 5 heteroatoms. The van der Waals surface area contributed by atoms with E-state index in [1.165, 1.54) is 0 Å². The first kappa shape index (κ1) is 17.5. The molecule has 1 saturated heterocycles. The van der Waals surface area contributed by atoms with Gasteiger partial charge in [-0.2, -0.15) is 0 Å².